The average Bonchev–Trinajstić information content (AvgIpc) is 2.98. The number of aryl methyl sites for hydroxylation is 2. The van der Waals surface area contributed by atoms with Crippen LogP contribution in [0.4, 0.5) is 0 Å². The Bertz CT molecular complexity index is 823. The number of pyridine rings is 1. The molecule has 0 unspecified atom stereocenters. The van der Waals surface area contributed by atoms with Crippen LogP contribution in [-0.2, 0) is 23.3 Å². The maximum atomic E-state index is 11.9. The summed E-state index contributed by atoms with van der Waals surface area (Å²) in [6.45, 7) is 9.58. The van der Waals surface area contributed by atoms with Crippen LogP contribution in [0.5, 0.6) is 0 Å². The number of carbonyl (C=O) groups is 1. The maximum Gasteiger partial charge on any atom is 0.358 e. The first kappa shape index (κ1) is 20.1. The fourth-order valence-corrected chi connectivity index (χ4v) is 3.25. The smallest absolute Gasteiger partial charge is 0.358 e. The highest BCUT2D eigenvalue weighted by molar-refractivity contribution is 6.76. The first-order valence-electron chi connectivity index (χ1n) is 8.53. The van der Waals surface area contributed by atoms with Crippen molar-refractivity contribution in [1.82, 2.24) is 14.1 Å². The van der Waals surface area contributed by atoms with Crippen molar-refractivity contribution in [1.29, 1.82) is 0 Å². The number of aromatic nitrogens is 3. The Balaban J connectivity index is 2.33. The molecule has 0 aliphatic heterocycles. The summed E-state index contributed by atoms with van der Waals surface area (Å²) in [6, 6.07) is 2.82. The summed E-state index contributed by atoms with van der Waals surface area (Å²) in [7, 11) is 1.84. The van der Waals surface area contributed by atoms with Gasteiger partial charge in [-0.05, 0) is 19.0 Å². The predicted molar refractivity (Wildman–Crippen MR) is 103 cm³/mol. The lowest BCUT2D eigenvalue weighted by atomic mass is 10.2. The van der Waals surface area contributed by atoms with Gasteiger partial charge in [-0.25, -0.2) is 9.78 Å². The Morgan fingerprint density at radius 1 is 1.27 bits per heavy atom. The highest BCUT2D eigenvalue weighted by Crippen LogP contribution is 2.20. The monoisotopic (exact) mass is 377 g/mol. The number of carbonyl (C=O) groups excluding carboxylic acids is 1. The third-order valence-corrected chi connectivity index (χ3v) is 5.72. The van der Waals surface area contributed by atoms with Crippen LogP contribution in [0.25, 0.3) is 11.4 Å². The van der Waals surface area contributed by atoms with Crippen molar-refractivity contribution < 1.29 is 14.3 Å². The van der Waals surface area contributed by atoms with E-state index in [1.165, 1.54) is 11.7 Å². The number of nitrogens with zero attached hydrogens (tertiary/aromatic N) is 3. The highest BCUT2D eigenvalue weighted by atomic mass is 28.3. The Morgan fingerprint density at radius 3 is 2.54 bits per heavy atom. The fraction of sp³-hybridized carbons (Fsp3) is 0.500. The van der Waals surface area contributed by atoms with Crippen molar-refractivity contribution in [3.63, 3.8) is 0 Å². The lowest BCUT2D eigenvalue weighted by molar-refractivity contribution is 0.0593. The van der Waals surface area contributed by atoms with Gasteiger partial charge in [-0.1, -0.05) is 19.6 Å². The number of hydrogen-bond acceptors (Lipinski definition) is 5. The van der Waals surface area contributed by atoms with Crippen LogP contribution in [0.15, 0.2) is 23.3 Å². The summed E-state index contributed by atoms with van der Waals surface area (Å²) < 4.78 is 13.9. The average molecular weight is 378 g/mol. The molecule has 0 N–H and O–H groups in total. The minimum atomic E-state index is -1.17. The van der Waals surface area contributed by atoms with Crippen molar-refractivity contribution >= 4 is 14.0 Å². The Labute approximate surface area is 154 Å². The van der Waals surface area contributed by atoms with Crippen LogP contribution in [0.3, 0.4) is 0 Å². The van der Waals surface area contributed by atoms with E-state index in [0.29, 0.717) is 18.0 Å². The quantitative estimate of drug-likeness (QED) is 0.421. The second kappa shape index (κ2) is 8.01. The molecule has 0 bridgehead atoms. The topological polar surface area (TPSA) is 75.3 Å². The van der Waals surface area contributed by atoms with Gasteiger partial charge in [-0.3, -0.25) is 4.79 Å². The van der Waals surface area contributed by atoms with Gasteiger partial charge >= 0.3 is 5.97 Å². The van der Waals surface area contributed by atoms with Crippen molar-refractivity contribution in [2.24, 2.45) is 7.05 Å². The van der Waals surface area contributed by atoms with Crippen LogP contribution in [0, 0.1) is 6.92 Å². The van der Waals surface area contributed by atoms with Gasteiger partial charge in [-0.15, -0.1) is 0 Å². The number of ether oxygens (including phenoxy) is 2. The summed E-state index contributed by atoms with van der Waals surface area (Å²) in [5, 5.41) is 0. The molecule has 26 heavy (non-hydrogen) atoms. The number of imidazole rings is 1. The number of methoxy groups -OCH3 is 1. The van der Waals surface area contributed by atoms with Crippen LogP contribution in [0.2, 0.25) is 25.7 Å². The normalized spacial score (nSPS) is 11.6. The summed E-state index contributed by atoms with van der Waals surface area (Å²) in [4.78, 5) is 28.2. The van der Waals surface area contributed by atoms with E-state index in [-0.39, 0.29) is 18.0 Å². The molecular weight excluding hydrogens is 350 g/mol. The van der Waals surface area contributed by atoms with Crippen LogP contribution < -0.4 is 5.56 Å². The fourth-order valence-electron chi connectivity index (χ4n) is 2.49. The van der Waals surface area contributed by atoms with Gasteiger partial charge in [0.1, 0.15) is 12.6 Å². The summed E-state index contributed by atoms with van der Waals surface area (Å²) in [6.07, 6.45) is 3.33. The summed E-state index contributed by atoms with van der Waals surface area (Å²) >= 11 is 0. The van der Waals surface area contributed by atoms with Gasteiger partial charge in [-0.2, -0.15) is 0 Å². The number of hydrogen-bond donors (Lipinski definition) is 0. The molecule has 0 aliphatic rings. The third kappa shape index (κ3) is 4.92. The third-order valence-electron chi connectivity index (χ3n) is 4.02. The molecule has 0 saturated carbocycles. The van der Waals surface area contributed by atoms with E-state index in [9.17, 15) is 9.59 Å². The molecule has 0 aromatic carbocycles. The van der Waals surface area contributed by atoms with Crippen molar-refractivity contribution in [2.45, 2.75) is 39.3 Å². The lowest BCUT2D eigenvalue weighted by Gasteiger charge is -2.16. The van der Waals surface area contributed by atoms with E-state index < -0.39 is 14.0 Å². The van der Waals surface area contributed by atoms with E-state index >= 15 is 0 Å². The summed E-state index contributed by atoms with van der Waals surface area (Å²) in [5.74, 6) is 0.0609. The van der Waals surface area contributed by atoms with E-state index in [2.05, 4.69) is 24.6 Å². The van der Waals surface area contributed by atoms with Gasteiger partial charge < -0.3 is 18.6 Å². The molecule has 0 fully saturated rings. The molecule has 142 valence electrons. The van der Waals surface area contributed by atoms with E-state index in [1.807, 2.05) is 0 Å². The van der Waals surface area contributed by atoms with Crippen molar-refractivity contribution in [3.05, 3.63) is 40.1 Å². The Kier molecular flexibility index (Phi) is 6.20. The molecule has 0 amide bonds. The van der Waals surface area contributed by atoms with Gasteiger partial charge in [0.05, 0.1) is 7.11 Å². The molecular formula is C18H27N3O4Si. The molecule has 2 rings (SSSR count). The molecule has 0 spiro atoms. The van der Waals surface area contributed by atoms with Gasteiger partial charge in [0, 0.05) is 45.2 Å². The second-order valence-electron chi connectivity index (χ2n) is 7.59. The molecule has 2 heterocycles. The zero-order valence-corrected chi connectivity index (χ0v) is 17.3. The van der Waals surface area contributed by atoms with Crippen molar-refractivity contribution in [2.75, 3.05) is 13.7 Å². The van der Waals surface area contributed by atoms with Crippen LogP contribution in [-0.4, -0.2) is 41.9 Å². The van der Waals surface area contributed by atoms with Crippen LogP contribution in [0.1, 0.15) is 16.1 Å². The molecule has 2 aromatic heterocycles. The number of esters is 1. The van der Waals surface area contributed by atoms with E-state index in [0.717, 1.165) is 11.6 Å². The van der Waals surface area contributed by atoms with Gasteiger partial charge in [0.15, 0.2) is 5.69 Å². The predicted octanol–water partition coefficient (Wildman–Crippen LogP) is 2.66. The lowest BCUT2D eigenvalue weighted by Crippen LogP contribution is -2.22. The van der Waals surface area contributed by atoms with Gasteiger partial charge in [0.25, 0.3) is 5.56 Å². The van der Waals surface area contributed by atoms with E-state index in [4.69, 9.17) is 9.47 Å². The first-order valence-corrected chi connectivity index (χ1v) is 12.2. The maximum absolute atomic E-state index is 11.9. The first-order chi connectivity index (χ1) is 12.1. The minimum absolute atomic E-state index is 0.0635. The molecule has 0 atom stereocenters. The Morgan fingerprint density at radius 2 is 1.96 bits per heavy atom. The molecule has 0 aliphatic carbocycles. The molecule has 0 radical (unpaired) electrons. The minimum Gasteiger partial charge on any atom is -0.464 e. The standard InChI is InChI=1S/C18H27N3O4Si/c1-13-9-14(10-20(2)17(13)22)16-19-15(18(23)24-3)11-21(16)12-25-7-8-26(4,5)6/h9-11H,7-8,12H2,1-6H3. The number of rotatable bonds is 7. The largest absolute Gasteiger partial charge is 0.464 e. The SMILES string of the molecule is COC(=O)c1cn(COCC[Si](C)(C)C)c(-c2cc(C)c(=O)n(C)c2)n1. The zero-order valence-electron chi connectivity index (χ0n) is 16.3. The summed E-state index contributed by atoms with van der Waals surface area (Å²) in [5.41, 5.74) is 1.50. The Hall–Kier alpha value is -2.19. The molecule has 0 saturated heterocycles. The van der Waals surface area contributed by atoms with Crippen molar-refractivity contribution in [3.8, 4) is 11.4 Å². The van der Waals surface area contributed by atoms with E-state index in [1.54, 1.807) is 37.0 Å². The van der Waals surface area contributed by atoms with Gasteiger partial charge in [0.2, 0.25) is 0 Å². The second-order valence-corrected chi connectivity index (χ2v) is 13.2. The highest BCUT2D eigenvalue weighted by Gasteiger charge is 2.18. The molecule has 2 aromatic rings. The van der Waals surface area contributed by atoms with Crippen LogP contribution >= 0.6 is 0 Å². The molecule has 8 heteroatoms. The molecule has 7 nitrogen and oxygen atoms in total. The zero-order chi connectivity index (χ0) is 19.5.